The van der Waals surface area contributed by atoms with Crippen molar-refractivity contribution in [3.05, 3.63) is 103 Å². The van der Waals surface area contributed by atoms with Crippen LogP contribution in [-0.4, -0.2) is 77.3 Å². The second-order valence-electron chi connectivity index (χ2n) is 16.9. The van der Waals surface area contributed by atoms with Crippen molar-refractivity contribution in [2.75, 3.05) is 33.0 Å². The number of benzene rings is 3. The predicted molar refractivity (Wildman–Crippen MR) is 232 cm³/mol. The molecule has 0 aromatic heterocycles. The minimum Gasteiger partial charge on any atom is -0.459 e. The van der Waals surface area contributed by atoms with Crippen molar-refractivity contribution in [2.24, 2.45) is 22.9 Å². The molecule has 1 fully saturated rings. The fraction of sp³-hybridized carbons (Fsp3) is 0.510. The lowest BCUT2D eigenvalue weighted by atomic mass is 9.55. The SMILES string of the molecule is C=CCO[C@@]12Oc3ccc(Oc4ccc(-c5ccccc5)cc4)cc3[C@H]3[C@H](CCCCO)[C@@H](CCCCO)C=C(C(=NOC(C)(C)C)C[C@@H]1N(CCC)C(=O)OCC)[C@H]32. The highest BCUT2D eigenvalue weighted by Crippen LogP contribution is 2.62. The van der Waals surface area contributed by atoms with E-state index < -0.39 is 29.4 Å². The second-order valence-corrected chi connectivity index (χ2v) is 16.9. The van der Waals surface area contributed by atoms with Crippen molar-refractivity contribution >= 4 is 11.8 Å². The number of ether oxygens (including phenoxy) is 4. The van der Waals surface area contributed by atoms with E-state index in [2.05, 4.69) is 43.0 Å². The molecule has 6 atom stereocenters. The summed E-state index contributed by atoms with van der Waals surface area (Å²) in [4.78, 5) is 22.0. The first kappa shape index (κ1) is 43.9. The molecule has 1 aliphatic heterocycles. The van der Waals surface area contributed by atoms with Gasteiger partial charge in [-0.25, -0.2) is 4.79 Å². The van der Waals surface area contributed by atoms with Crippen LogP contribution in [0.2, 0.25) is 0 Å². The highest BCUT2D eigenvalue weighted by Gasteiger charge is 2.65. The summed E-state index contributed by atoms with van der Waals surface area (Å²) in [6, 6.07) is 23.8. The quantitative estimate of drug-likeness (QED) is 0.0698. The molecule has 0 radical (unpaired) electrons. The van der Waals surface area contributed by atoms with E-state index in [1.807, 2.05) is 77.1 Å². The molecule has 0 spiro atoms. The first-order valence-electron chi connectivity index (χ1n) is 21.6. The van der Waals surface area contributed by atoms with Gasteiger partial charge in [-0.05, 0) is 119 Å². The summed E-state index contributed by atoms with van der Waals surface area (Å²) in [7, 11) is 0. The molecule has 10 nitrogen and oxygen atoms in total. The van der Waals surface area contributed by atoms with Crippen LogP contribution < -0.4 is 9.47 Å². The van der Waals surface area contributed by atoms with E-state index in [1.54, 1.807) is 11.0 Å². The normalized spacial score (nSPS) is 23.9. The summed E-state index contributed by atoms with van der Waals surface area (Å²) < 4.78 is 26.7. The van der Waals surface area contributed by atoms with Gasteiger partial charge in [-0.15, -0.1) is 6.58 Å². The Bertz CT molecular complexity index is 1900. The lowest BCUT2D eigenvalue weighted by Gasteiger charge is -2.60. The summed E-state index contributed by atoms with van der Waals surface area (Å²) in [5.41, 5.74) is 4.41. The molecule has 0 unspecified atom stereocenters. The molecule has 0 saturated heterocycles. The maximum atomic E-state index is 14.0. The molecule has 1 saturated carbocycles. The molecule has 318 valence electrons. The Morgan fingerprint density at radius 1 is 0.949 bits per heavy atom. The Morgan fingerprint density at radius 3 is 2.31 bits per heavy atom. The number of aliphatic hydroxyl groups is 2. The van der Waals surface area contributed by atoms with Gasteiger partial charge in [-0.3, -0.25) is 4.90 Å². The Balaban J connectivity index is 1.55. The van der Waals surface area contributed by atoms with Crippen molar-refractivity contribution < 1.29 is 38.8 Å². The van der Waals surface area contributed by atoms with Gasteiger partial charge < -0.3 is 34.0 Å². The summed E-state index contributed by atoms with van der Waals surface area (Å²) >= 11 is 0. The number of amides is 1. The molecule has 2 aliphatic carbocycles. The predicted octanol–water partition coefficient (Wildman–Crippen LogP) is 10.4. The zero-order valence-corrected chi connectivity index (χ0v) is 35.6. The third-order valence-electron chi connectivity index (χ3n) is 11.6. The minimum atomic E-state index is -1.35. The third kappa shape index (κ3) is 10.0. The van der Waals surface area contributed by atoms with Crippen molar-refractivity contribution in [1.82, 2.24) is 4.90 Å². The summed E-state index contributed by atoms with van der Waals surface area (Å²) in [5.74, 6) is 0.335. The lowest BCUT2D eigenvalue weighted by molar-refractivity contribution is -0.255. The number of nitrogens with zero attached hydrogens (tertiary/aromatic N) is 2. The largest absolute Gasteiger partial charge is 0.459 e. The van der Waals surface area contributed by atoms with Crippen molar-refractivity contribution in [3.63, 3.8) is 0 Å². The smallest absolute Gasteiger partial charge is 0.410 e. The molecular formula is C49H64N2O8. The van der Waals surface area contributed by atoms with Gasteiger partial charge >= 0.3 is 6.09 Å². The summed E-state index contributed by atoms with van der Waals surface area (Å²) in [6.07, 6.45) is 9.40. The number of allylic oxidation sites excluding steroid dienone is 1. The van der Waals surface area contributed by atoms with Crippen LogP contribution >= 0.6 is 0 Å². The molecule has 6 rings (SSSR count). The molecule has 3 aromatic carbocycles. The van der Waals surface area contributed by atoms with E-state index >= 15 is 0 Å². The standard InChI is InChI=1S/C49H64N2O8/c1-7-27-51(47(54)55-9-3)44-33-42(50-59-48(4,5)6)40-31-36(19-13-15-28-52)39(20-14-16-29-53)45-41-32-38(25-26-43(41)58-49(44,46(40)45)56-30-8-2)57-37-23-21-35(22-24-37)34-17-11-10-12-18-34/h8,10-12,17-18,21-26,31-32,36,39,44-46,52-53H,2,7,9,13-16,19-20,27-30,33H2,1,3-6H3/t36-,39+,44-,45+,46+,49+/m0/s1. The first-order chi connectivity index (χ1) is 28.6. The Morgan fingerprint density at radius 2 is 1.64 bits per heavy atom. The van der Waals surface area contributed by atoms with Crippen molar-refractivity contribution in [1.29, 1.82) is 0 Å². The molecule has 3 aromatic rings. The molecule has 1 heterocycles. The van der Waals surface area contributed by atoms with E-state index in [-0.39, 0.29) is 44.2 Å². The van der Waals surface area contributed by atoms with Gasteiger partial charge in [0.15, 0.2) is 0 Å². The summed E-state index contributed by atoms with van der Waals surface area (Å²) in [6.45, 7) is 14.9. The van der Waals surface area contributed by atoms with E-state index in [4.69, 9.17) is 28.9 Å². The fourth-order valence-electron chi connectivity index (χ4n) is 9.21. The topological polar surface area (TPSA) is 119 Å². The van der Waals surface area contributed by atoms with Gasteiger partial charge in [0.1, 0.15) is 28.9 Å². The van der Waals surface area contributed by atoms with Crippen LogP contribution in [0.5, 0.6) is 17.2 Å². The Labute approximate surface area is 350 Å². The average Bonchev–Trinajstić information content (AvgIpc) is 3.23. The number of aliphatic hydroxyl groups excluding tert-OH is 2. The van der Waals surface area contributed by atoms with Crippen molar-refractivity contribution in [3.8, 4) is 28.4 Å². The molecule has 10 heteroatoms. The van der Waals surface area contributed by atoms with Crippen LogP contribution in [0.1, 0.15) is 97.5 Å². The highest BCUT2D eigenvalue weighted by molar-refractivity contribution is 6.03. The van der Waals surface area contributed by atoms with Gasteiger partial charge in [0.05, 0.1) is 24.8 Å². The third-order valence-corrected chi connectivity index (χ3v) is 11.6. The van der Waals surface area contributed by atoms with E-state index in [0.29, 0.717) is 49.5 Å². The molecule has 59 heavy (non-hydrogen) atoms. The van der Waals surface area contributed by atoms with Crippen LogP contribution in [0.25, 0.3) is 11.1 Å². The second kappa shape index (κ2) is 20.1. The zero-order valence-electron chi connectivity index (χ0n) is 35.6. The number of rotatable bonds is 19. The number of hydrogen-bond donors (Lipinski definition) is 2. The van der Waals surface area contributed by atoms with Crippen LogP contribution in [0.15, 0.2) is 102 Å². The minimum absolute atomic E-state index is 0.0921. The highest BCUT2D eigenvalue weighted by atomic mass is 16.7. The van der Waals surface area contributed by atoms with Gasteiger partial charge in [0.2, 0.25) is 5.79 Å². The van der Waals surface area contributed by atoms with Gasteiger partial charge in [0, 0.05) is 37.7 Å². The first-order valence-corrected chi connectivity index (χ1v) is 21.6. The van der Waals surface area contributed by atoms with Crippen LogP contribution in [-0.2, 0) is 14.3 Å². The van der Waals surface area contributed by atoms with Gasteiger partial charge in [-0.1, -0.05) is 79.5 Å². The van der Waals surface area contributed by atoms with Gasteiger partial charge in [0.25, 0.3) is 0 Å². The number of unbranched alkanes of at least 4 members (excludes halogenated alkanes) is 2. The molecule has 2 N–H and O–H groups in total. The molecule has 3 aliphatic rings. The van der Waals surface area contributed by atoms with E-state index in [9.17, 15) is 15.0 Å². The lowest BCUT2D eigenvalue weighted by Crippen LogP contribution is -2.70. The van der Waals surface area contributed by atoms with Crippen LogP contribution in [0.4, 0.5) is 4.79 Å². The van der Waals surface area contributed by atoms with Crippen LogP contribution in [0, 0.1) is 17.8 Å². The summed E-state index contributed by atoms with van der Waals surface area (Å²) in [5, 5.41) is 24.7. The number of carbonyl (C=O) groups excluding carboxylic acids is 1. The number of oxime groups is 1. The molecule has 0 bridgehead atoms. The maximum absolute atomic E-state index is 14.0. The number of carbonyl (C=O) groups is 1. The van der Waals surface area contributed by atoms with Crippen LogP contribution in [0.3, 0.4) is 0 Å². The Hall–Kier alpha value is -4.64. The fourth-order valence-corrected chi connectivity index (χ4v) is 9.21. The monoisotopic (exact) mass is 808 g/mol. The molecular weight excluding hydrogens is 745 g/mol. The average molecular weight is 809 g/mol. The van der Waals surface area contributed by atoms with Gasteiger partial charge in [-0.2, -0.15) is 0 Å². The van der Waals surface area contributed by atoms with Crippen molar-refractivity contribution in [2.45, 2.75) is 109 Å². The Kier molecular flexibility index (Phi) is 14.9. The number of hydrogen-bond acceptors (Lipinski definition) is 9. The van der Waals surface area contributed by atoms with E-state index in [0.717, 1.165) is 53.7 Å². The zero-order chi connectivity index (χ0) is 42.0. The maximum Gasteiger partial charge on any atom is 0.410 e. The van der Waals surface area contributed by atoms with E-state index in [1.165, 1.54) is 0 Å². The molecule has 1 amide bonds. The number of fused-ring (bicyclic) bond motifs is 2.